The van der Waals surface area contributed by atoms with Gasteiger partial charge in [-0.05, 0) is 24.7 Å². The minimum absolute atomic E-state index is 0.00352. The number of rotatable bonds is 4. The SMILES string of the molecule is CC.CC(=O)C(N)c1ccccc1.CCC.CCC(C)C.CCCC.CS. The first-order chi connectivity index (χ1) is 12.8. The van der Waals surface area contributed by atoms with Gasteiger partial charge >= 0.3 is 0 Å². The summed E-state index contributed by atoms with van der Waals surface area (Å²) in [5.74, 6) is 0.881. The van der Waals surface area contributed by atoms with Crippen molar-refractivity contribution < 1.29 is 4.79 Å². The normalized spacial score (nSPS) is 9.11. The Balaban J connectivity index is -0.0000000853. The van der Waals surface area contributed by atoms with Gasteiger partial charge in [-0.2, -0.15) is 12.6 Å². The first-order valence-corrected chi connectivity index (χ1v) is 11.5. The molecule has 1 atom stereocenters. The first-order valence-electron chi connectivity index (χ1n) is 10.6. The molecule has 0 saturated carbocycles. The summed E-state index contributed by atoms with van der Waals surface area (Å²) in [6.07, 6.45) is 6.89. The van der Waals surface area contributed by atoms with Crippen LogP contribution in [0.25, 0.3) is 0 Å². The zero-order valence-electron chi connectivity index (χ0n) is 20.3. The molecule has 0 radical (unpaired) electrons. The first kappa shape index (κ1) is 37.0. The molecule has 1 unspecified atom stereocenters. The van der Waals surface area contributed by atoms with Gasteiger partial charge in [-0.15, -0.1) is 0 Å². The maximum atomic E-state index is 10.8. The van der Waals surface area contributed by atoms with Gasteiger partial charge in [0.15, 0.2) is 5.78 Å². The van der Waals surface area contributed by atoms with Crippen molar-refractivity contribution in [1.82, 2.24) is 0 Å². The summed E-state index contributed by atoms with van der Waals surface area (Å²) in [7, 11) is 0. The van der Waals surface area contributed by atoms with Crippen molar-refractivity contribution in [2.24, 2.45) is 11.7 Å². The van der Waals surface area contributed by atoms with Gasteiger partial charge in [-0.1, -0.05) is 118 Å². The smallest absolute Gasteiger partial charge is 0.150 e. The summed E-state index contributed by atoms with van der Waals surface area (Å²) in [5.41, 5.74) is 6.46. The monoisotopic (exact) mass is 401 g/mol. The number of nitrogens with two attached hydrogens (primary N) is 1. The molecule has 0 aromatic heterocycles. The molecule has 0 aliphatic heterocycles. The Hall–Kier alpha value is -0.800. The van der Waals surface area contributed by atoms with E-state index in [2.05, 4.69) is 61.1 Å². The Kier molecular flexibility index (Phi) is 49.6. The third-order valence-corrected chi connectivity index (χ3v) is 2.91. The molecule has 1 rings (SSSR count). The fourth-order valence-corrected chi connectivity index (χ4v) is 0.895. The van der Waals surface area contributed by atoms with E-state index in [0.29, 0.717) is 0 Å². The fourth-order valence-electron chi connectivity index (χ4n) is 0.895. The molecule has 1 aromatic carbocycles. The van der Waals surface area contributed by atoms with E-state index in [1.54, 1.807) is 6.26 Å². The van der Waals surface area contributed by atoms with Gasteiger partial charge in [0, 0.05) is 0 Å². The van der Waals surface area contributed by atoms with Crippen LogP contribution >= 0.6 is 12.6 Å². The molecule has 2 nitrogen and oxygen atoms in total. The summed E-state index contributed by atoms with van der Waals surface area (Å²) in [6.45, 7) is 20.8. The third-order valence-electron chi connectivity index (χ3n) is 2.91. The lowest BCUT2D eigenvalue weighted by molar-refractivity contribution is -0.118. The highest BCUT2D eigenvalue weighted by Crippen LogP contribution is 2.09. The molecule has 0 heterocycles. The summed E-state index contributed by atoms with van der Waals surface area (Å²) in [5, 5.41) is 0. The summed E-state index contributed by atoms with van der Waals surface area (Å²) >= 11 is 3.53. The summed E-state index contributed by atoms with van der Waals surface area (Å²) in [6, 6.07) is 8.89. The Morgan fingerprint density at radius 3 is 1.41 bits per heavy atom. The molecular formula is C24H51NOS. The second kappa shape index (κ2) is 36.2. The van der Waals surface area contributed by atoms with E-state index in [9.17, 15) is 4.79 Å². The lowest BCUT2D eigenvalue weighted by Crippen LogP contribution is -2.18. The van der Waals surface area contributed by atoms with Gasteiger partial charge in [0.05, 0.1) is 6.04 Å². The second-order valence-electron chi connectivity index (χ2n) is 6.01. The van der Waals surface area contributed by atoms with Crippen LogP contribution in [-0.4, -0.2) is 12.0 Å². The van der Waals surface area contributed by atoms with Crippen LogP contribution in [0.1, 0.15) is 107 Å². The molecule has 0 aliphatic rings. The largest absolute Gasteiger partial charge is 0.318 e. The van der Waals surface area contributed by atoms with Gasteiger partial charge in [0.2, 0.25) is 0 Å². The van der Waals surface area contributed by atoms with Crippen molar-refractivity contribution in [3.63, 3.8) is 0 Å². The van der Waals surface area contributed by atoms with Crippen LogP contribution < -0.4 is 5.73 Å². The number of hydrogen-bond acceptors (Lipinski definition) is 3. The van der Waals surface area contributed by atoms with Crippen LogP contribution in [0.2, 0.25) is 0 Å². The number of unbranched alkanes of at least 4 members (excludes halogenated alkanes) is 1. The number of thiol groups is 1. The molecule has 1 aromatic rings. The molecule has 0 spiro atoms. The highest BCUT2D eigenvalue weighted by molar-refractivity contribution is 7.79. The van der Waals surface area contributed by atoms with E-state index in [1.165, 1.54) is 32.6 Å². The zero-order chi connectivity index (χ0) is 22.7. The van der Waals surface area contributed by atoms with Gasteiger partial charge in [0.1, 0.15) is 0 Å². The van der Waals surface area contributed by atoms with Gasteiger partial charge in [-0.25, -0.2) is 0 Å². The van der Waals surface area contributed by atoms with Crippen LogP contribution in [-0.2, 0) is 4.79 Å². The Bertz CT molecular complexity index is 337. The Labute approximate surface area is 178 Å². The number of ketones is 1. The molecule has 0 bridgehead atoms. The van der Waals surface area contributed by atoms with Crippen LogP contribution in [0.3, 0.4) is 0 Å². The lowest BCUT2D eigenvalue weighted by Gasteiger charge is -2.06. The maximum Gasteiger partial charge on any atom is 0.150 e. The fraction of sp³-hybridized carbons (Fsp3) is 0.708. The molecule has 27 heavy (non-hydrogen) atoms. The molecule has 2 N–H and O–H groups in total. The summed E-state index contributed by atoms with van der Waals surface area (Å²) in [4.78, 5) is 10.8. The van der Waals surface area contributed by atoms with Crippen molar-refractivity contribution in [2.75, 3.05) is 6.26 Å². The topological polar surface area (TPSA) is 43.1 Å². The Morgan fingerprint density at radius 1 is 0.926 bits per heavy atom. The number of carbonyl (C=O) groups is 1. The zero-order valence-corrected chi connectivity index (χ0v) is 21.2. The van der Waals surface area contributed by atoms with Crippen LogP contribution in [0, 0.1) is 5.92 Å². The van der Waals surface area contributed by atoms with E-state index in [1.807, 2.05) is 44.2 Å². The molecular weight excluding hydrogens is 350 g/mol. The Morgan fingerprint density at radius 2 is 1.22 bits per heavy atom. The van der Waals surface area contributed by atoms with Crippen molar-refractivity contribution in [1.29, 1.82) is 0 Å². The summed E-state index contributed by atoms with van der Waals surface area (Å²) < 4.78 is 0. The third kappa shape index (κ3) is 40.9. The standard InChI is InChI=1S/C9H11NO.C5H12.C4H10.C3H8.C2H6.CH4S/c1-7(11)9(10)8-5-3-2-4-6-8;1-4-5(2)3;1-3-4-2;1-3-2;2*1-2/h2-6,9H,10H2,1H3;5H,4H2,1-3H3;3-4H2,1-2H3;3H2,1-2H3;1-2H3;2H,1H3. The minimum Gasteiger partial charge on any atom is -0.318 e. The van der Waals surface area contributed by atoms with Gasteiger partial charge < -0.3 is 5.73 Å². The van der Waals surface area contributed by atoms with Crippen molar-refractivity contribution >= 4 is 18.4 Å². The van der Waals surface area contributed by atoms with E-state index < -0.39 is 6.04 Å². The molecule has 0 amide bonds. The van der Waals surface area contributed by atoms with Gasteiger partial charge in [0.25, 0.3) is 0 Å². The second-order valence-corrected chi connectivity index (χ2v) is 6.01. The molecule has 0 fully saturated rings. The van der Waals surface area contributed by atoms with E-state index in [4.69, 9.17) is 5.73 Å². The van der Waals surface area contributed by atoms with Gasteiger partial charge in [-0.3, -0.25) is 4.79 Å². The van der Waals surface area contributed by atoms with Crippen LogP contribution in [0.5, 0.6) is 0 Å². The number of carbonyl (C=O) groups excluding carboxylic acids is 1. The molecule has 0 aliphatic carbocycles. The molecule has 0 saturated heterocycles. The van der Waals surface area contributed by atoms with Crippen molar-refractivity contribution in [2.45, 2.75) is 101 Å². The quantitative estimate of drug-likeness (QED) is 0.500. The average molecular weight is 402 g/mol. The van der Waals surface area contributed by atoms with Crippen molar-refractivity contribution in [3.8, 4) is 0 Å². The predicted octanol–water partition coefficient (Wildman–Crippen LogP) is 8.12. The highest BCUT2D eigenvalue weighted by atomic mass is 32.1. The highest BCUT2D eigenvalue weighted by Gasteiger charge is 2.08. The molecule has 164 valence electrons. The maximum absolute atomic E-state index is 10.8. The number of hydrogen-bond donors (Lipinski definition) is 2. The number of Topliss-reactive ketones (excluding diaryl/α,β-unsaturated/α-hetero) is 1. The molecule has 3 heteroatoms. The lowest BCUT2D eigenvalue weighted by atomic mass is 10.1. The van der Waals surface area contributed by atoms with Crippen LogP contribution in [0.15, 0.2) is 30.3 Å². The average Bonchev–Trinajstić information content (AvgIpc) is 2.72. The predicted molar refractivity (Wildman–Crippen MR) is 132 cm³/mol. The van der Waals surface area contributed by atoms with Crippen LogP contribution in [0.4, 0.5) is 0 Å². The minimum atomic E-state index is -0.462. The van der Waals surface area contributed by atoms with E-state index in [-0.39, 0.29) is 5.78 Å². The van der Waals surface area contributed by atoms with E-state index in [0.717, 1.165) is 11.5 Å². The number of benzene rings is 1. The van der Waals surface area contributed by atoms with E-state index >= 15 is 0 Å². The van der Waals surface area contributed by atoms with Crippen molar-refractivity contribution in [3.05, 3.63) is 35.9 Å².